The van der Waals surface area contributed by atoms with Crippen LogP contribution in [0.15, 0.2) is 72.1 Å². The highest BCUT2D eigenvalue weighted by atomic mass is 32.1. The van der Waals surface area contributed by atoms with Crippen LogP contribution >= 0.6 is 11.3 Å². The van der Waals surface area contributed by atoms with Crippen LogP contribution in [0.5, 0.6) is 0 Å². The second-order valence-corrected chi connectivity index (χ2v) is 8.77. The molecular weight excluding hydrogens is 420 g/mol. The molecule has 1 aliphatic heterocycles. The molecule has 0 unspecified atom stereocenters. The first-order valence-electron chi connectivity index (χ1n) is 10.9. The summed E-state index contributed by atoms with van der Waals surface area (Å²) >= 11 is 1.39. The number of anilines is 2. The quantitative estimate of drug-likeness (QED) is 0.550. The Morgan fingerprint density at radius 2 is 1.62 bits per heavy atom. The van der Waals surface area contributed by atoms with Crippen molar-refractivity contribution in [2.24, 2.45) is 0 Å². The van der Waals surface area contributed by atoms with E-state index in [4.69, 9.17) is 0 Å². The third-order valence-electron chi connectivity index (χ3n) is 5.52. The summed E-state index contributed by atoms with van der Waals surface area (Å²) in [7, 11) is 0. The Hall–Kier alpha value is -3.16. The van der Waals surface area contributed by atoms with Crippen molar-refractivity contribution in [3.63, 3.8) is 0 Å². The molecule has 1 aliphatic rings. The topological polar surface area (TPSA) is 64.7 Å². The van der Waals surface area contributed by atoms with E-state index in [1.165, 1.54) is 22.6 Å². The van der Waals surface area contributed by atoms with Gasteiger partial charge in [-0.3, -0.25) is 14.5 Å². The first-order valence-corrected chi connectivity index (χ1v) is 11.8. The number of carbonyl (C=O) groups excluding carboxylic acids is 2. The summed E-state index contributed by atoms with van der Waals surface area (Å²) in [6.07, 6.45) is 0.238. The fourth-order valence-corrected chi connectivity index (χ4v) is 4.41. The van der Waals surface area contributed by atoms with Gasteiger partial charge < -0.3 is 15.5 Å². The Morgan fingerprint density at radius 3 is 2.31 bits per heavy atom. The number of piperazine rings is 1. The van der Waals surface area contributed by atoms with Gasteiger partial charge in [0.15, 0.2) is 0 Å². The van der Waals surface area contributed by atoms with Crippen molar-refractivity contribution in [3.8, 4) is 0 Å². The molecule has 32 heavy (non-hydrogen) atoms. The lowest BCUT2D eigenvalue weighted by Crippen LogP contribution is -2.45. The summed E-state index contributed by atoms with van der Waals surface area (Å²) in [6.45, 7) is 5.35. The van der Waals surface area contributed by atoms with Crippen molar-refractivity contribution in [2.75, 3.05) is 42.9 Å². The van der Waals surface area contributed by atoms with Gasteiger partial charge in [-0.2, -0.15) is 0 Å². The number of carbonyl (C=O) groups is 2. The highest BCUT2D eigenvalue weighted by molar-refractivity contribution is 7.12. The number of rotatable bonds is 8. The summed E-state index contributed by atoms with van der Waals surface area (Å²) < 4.78 is 0. The molecule has 2 amide bonds. The van der Waals surface area contributed by atoms with E-state index in [-0.39, 0.29) is 18.2 Å². The molecule has 4 rings (SSSR count). The minimum Gasteiger partial charge on any atom is -0.369 e. The van der Waals surface area contributed by atoms with Gasteiger partial charge in [-0.05, 0) is 41.3 Å². The predicted molar refractivity (Wildman–Crippen MR) is 130 cm³/mol. The molecule has 1 fully saturated rings. The molecule has 166 valence electrons. The van der Waals surface area contributed by atoms with E-state index in [9.17, 15) is 9.59 Å². The van der Waals surface area contributed by atoms with Gasteiger partial charge in [-0.1, -0.05) is 36.4 Å². The zero-order chi connectivity index (χ0) is 22.2. The van der Waals surface area contributed by atoms with Crippen LogP contribution in [-0.4, -0.2) is 49.4 Å². The maximum absolute atomic E-state index is 12.2. The van der Waals surface area contributed by atoms with Crippen LogP contribution in [0.2, 0.25) is 0 Å². The molecule has 1 saturated heterocycles. The number of nitrogens with zero attached hydrogens (tertiary/aromatic N) is 2. The fraction of sp³-hybridized carbons (Fsp3) is 0.280. The van der Waals surface area contributed by atoms with E-state index >= 15 is 0 Å². The lowest BCUT2D eigenvalue weighted by molar-refractivity contribution is -0.116. The third-order valence-corrected chi connectivity index (χ3v) is 6.39. The number of thiophene rings is 1. The van der Waals surface area contributed by atoms with Crippen molar-refractivity contribution in [3.05, 3.63) is 82.6 Å². The molecule has 2 heterocycles. The molecule has 1 aromatic heterocycles. The largest absolute Gasteiger partial charge is 0.369 e. The second kappa shape index (κ2) is 10.9. The lowest BCUT2D eigenvalue weighted by atomic mass is 10.2. The molecule has 0 radical (unpaired) electrons. The number of amides is 2. The van der Waals surface area contributed by atoms with Crippen molar-refractivity contribution in [2.45, 2.75) is 13.0 Å². The SMILES string of the molecule is O=C(CCNC(=O)c1cccs1)Nc1ccc(N2CCN(Cc3ccccc3)CC2)cc1. The summed E-state index contributed by atoms with van der Waals surface area (Å²) in [4.78, 5) is 29.6. The molecule has 6 nitrogen and oxygen atoms in total. The minimum absolute atomic E-state index is 0.112. The highest BCUT2D eigenvalue weighted by Gasteiger charge is 2.17. The van der Waals surface area contributed by atoms with E-state index in [2.05, 4.69) is 62.9 Å². The van der Waals surface area contributed by atoms with Gasteiger partial charge in [-0.15, -0.1) is 11.3 Å². The van der Waals surface area contributed by atoms with Crippen LogP contribution in [0.4, 0.5) is 11.4 Å². The van der Waals surface area contributed by atoms with Gasteiger partial charge in [0.1, 0.15) is 0 Å². The van der Waals surface area contributed by atoms with Gasteiger partial charge in [0, 0.05) is 57.1 Å². The van der Waals surface area contributed by atoms with E-state index in [0.29, 0.717) is 11.4 Å². The molecule has 0 aliphatic carbocycles. The van der Waals surface area contributed by atoms with Crippen LogP contribution in [-0.2, 0) is 11.3 Å². The summed E-state index contributed by atoms with van der Waals surface area (Å²) in [5.74, 6) is -0.250. The number of nitrogens with one attached hydrogen (secondary N) is 2. The van der Waals surface area contributed by atoms with Crippen molar-refractivity contribution in [1.29, 1.82) is 0 Å². The molecule has 0 saturated carbocycles. The average molecular weight is 449 g/mol. The zero-order valence-corrected chi connectivity index (χ0v) is 18.8. The molecule has 2 aromatic carbocycles. The van der Waals surface area contributed by atoms with Crippen LogP contribution in [0.25, 0.3) is 0 Å². The maximum Gasteiger partial charge on any atom is 0.261 e. The Bertz CT molecular complexity index is 998. The Kier molecular flexibility index (Phi) is 7.53. The van der Waals surface area contributed by atoms with E-state index in [1.807, 2.05) is 23.6 Å². The molecular formula is C25H28N4O2S. The number of benzene rings is 2. The Balaban J connectivity index is 1.19. The fourth-order valence-electron chi connectivity index (χ4n) is 3.77. The predicted octanol–water partition coefficient (Wildman–Crippen LogP) is 3.83. The molecule has 3 aromatic rings. The average Bonchev–Trinajstić information content (AvgIpc) is 3.36. The molecule has 0 atom stereocenters. The van der Waals surface area contributed by atoms with Gasteiger partial charge in [0.2, 0.25) is 5.91 Å². The number of hydrogen-bond acceptors (Lipinski definition) is 5. The molecule has 0 bridgehead atoms. The lowest BCUT2D eigenvalue weighted by Gasteiger charge is -2.36. The molecule has 7 heteroatoms. The number of hydrogen-bond donors (Lipinski definition) is 2. The monoisotopic (exact) mass is 448 g/mol. The van der Waals surface area contributed by atoms with Crippen LogP contribution in [0.3, 0.4) is 0 Å². The van der Waals surface area contributed by atoms with E-state index < -0.39 is 0 Å². The maximum atomic E-state index is 12.2. The van der Waals surface area contributed by atoms with Gasteiger partial charge >= 0.3 is 0 Å². The van der Waals surface area contributed by atoms with E-state index in [0.717, 1.165) is 38.4 Å². The Morgan fingerprint density at radius 1 is 0.875 bits per heavy atom. The Labute approximate surface area is 192 Å². The third kappa shape index (κ3) is 6.18. The highest BCUT2D eigenvalue weighted by Crippen LogP contribution is 2.20. The van der Waals surface area contributed by atoms with Crippen LogP contribution < -0.4 is 15.5 Å². The smallest absolute Gasteiger partial charge is 0.261 e. The minimum atomic E-state index is -0.138. The van der Waals surface area contributed by atoms with Gasteiger partial charge in [-0.25, -0.2) is 0 Å². The molecule has 0 spiro atoms. The van der Waals surface area contributed by atoms with Crippen LogP contribution in [0.1, 0.15) is 21.7 Å². The summed E-state index contributed by atoms with van der Waals surface area (Å²) in [6, 6.07) is 22.2. The first-order chi connectivity index (χ1) is 15.7. The molecule has 2 N–H and O–H groups in total. The van der Waals surface area contributed by atoms with Crippen molar-refractivity contribution >= 4 is 34.5 Å². The van der Waals surface area contributed by atoms with Gasteiger partial charge in [0.25, 0.3) is 5.91 Å². The first kappa shape index (κ1) is 22.0. The normalized spacial score (nSPS) is 14.2. The second-order valence-electron chi connectivity index (χ2n) is 7.83. The zero-order valence-electron chi connectivity index (χ0n) is 18.0. The van der Waals surface area contributed by atoms with Gasteiger partial charge in [0.05, 0.1) is 4.88 Å². The van der Waals surface area contributed by atoms with E-state index in [1.54, 1.807) is 6.07 Å². The summed E-state index contributed by atoms with van der Waals surface area (Å²) in [5, 5.41) is 7.53. The van der Waals surface area contributed by atoms with Crippen molar-refractivity contribution in [1.82, 2.24) is 10.2 Å². The standard InChI is InChI=1S/C25H28N4O2S/c30-24(12-13-26-25(31)23-7-4-18-32-23)27-21-8-10-22(11-9-21)29-16-14-28(15-17-29)19-20-5-2-1-3-6-20/h1-11,18H,12-17,19H2,(H,26,31)(H,27,30). The van der Waals surface area contributed by atoms with Crippen LogP contribution in [0, 0.1) is 0 Å². The summed E-state index contributed by atoms with van der Waals surface area (Å²) in [5.41, 5.74) is 3.30. The van der Waals surface area contributed by atoms with Crippen molar-refractivity contribution < 1.29 is 9.59 Å².